The van der Waals surface area contributed by atoms with E-state index in [1.54, 1.807) is 37.3 Å². The van der Waals surface area contributed by atoms with Gasteiger partial charge in [0.2, 0.25) is 0 Å². The minimum absolute atomic E-state index is 0. The standard InChI is InChI=1S/C18H14Cl2N2O3.Na/c1-9-16(10(2)25-22-9)11-7-13(19)17(14(20)8-11)21-15-6-4-3-5-12(15)18(23)24;/h3-8,21H,1-2H3,(H,23,24);/q;+1/p-1. The number of nitrogens with zero attached hydrogens (tertiary/aromatic N) is 1. The average molecular weight is 399 g/mol. The van der Waals surface area contributed by atoms with Crippen molar-refractivity contribution in [1.29, 1.82) is 0 Å². The van der Waals surface area contributed by atoms with Gasteiger partial charge in [-0.25, -0.2) is 0 Å². The topological polar surface area (TPSA) is 78.2 Å². The fraction of sp³-hybridized carbons (Fsp3) is 0.111. The van der Waals surface area contributed by atoms with Gasteiger partial charge in [0, 0.05) is 16.8 Å². The van der Waals surface area contributed by atoms with Crippen LogP contribution < -0.4 is 40.0 Å². The number of carboxylic acids is 1. The van der Waals surface area contributed by atoms with E-state index in [4.69, 9.17) is 27.7 Å². The maximum absolute atomic E-state index is 11.2. The number of halogens is 2. The number of hydrogen-bond acceptors (Lipinski definition) is 5. The van der Waals surface area contributed by atoms with Crippen molar-refractivity contribution in [2.75, 3.05) is 5.32 Å². The van der Waals surface area contributed by atoms with Gasteiger partial charge in [-0.05, 0) is 37.6 Å². The third kappa shape index (κ3) is 4.08. The van der Waals surface area contributed by atoms with E-state index in [1.165, 1.54) is 6.07 Å². The van der Waals surface area contributed by atoms with E-state index in [0.29, 0.717) is 27.2 Å². The van der Waals surface area contributed by atoms with Gasteiger partial charge in [0.05, 0.1) is 27.4 Å². The van der Waals surface area contributed by atoms with Crippen molar-refractivity contribution in [3.63, 3.8) is 0 Å². The van der Waals surface area contributed by atoms with Gasteiger partial charge in [-0.2, -0.15) is 0 Å². The number of benzene rings is 2. The molecule has 0 aliphatic carbocycles. The smallest absolute Gasteiger partial charge is 0.545 e. The molecular formula is C18H13Cl2N2NaO3. The molecule has 1 heterocycles. The molecule has 0 saturated carbocycles. The molecule has 2 aromatic carbocycles. The van der Waals surface area contributed by atoms with E-state index in [0.717, 1.165) is 16.8 Å². The largest absolute Gasteiger partial charge is 1.00 e. The normalized spacial score (nSPS) is 10.3. The fourth-order valence-electron chi connectivity index (χ4n) is 2.64. The van der Waals surface area contributed by atoms with Crippen LogP contribution in [0.25, 0.3) is 11.1 Å². The van der Waals surface area contributed by atoms with Crippen LogP contribution in [-0.2, 0) is 0 Å². The Kier molecular flexibility index (Phi) is 6.77. The van der Waals surface area contributed by atoms with Gasteiger partial charge in [-0.1, -0.05) is 46.6 Å². The summed E-state index contributed by atoms with van der Waals surface area (Å²) in [7, 11) is 0. The van der Waals surface area contributed by atoms with Crippen LogP contribution in [0.3, 0.4) is 0 Å². The monoisotopic (exact) mass is 398 g/mol. The van der Waals surface area contributed by atoms with E-state index in [2.05, 4.69) is 10.5 Å². The second-order valence-corrected chi connectivity index (χ2v) is 6.29. The van der Waals surface area contributed by atoms with Crippen LogP contribution in [0, 0.1) is 13.8 Å². The number of carbonyl (C=O) groups is 1. The van der Waals surface area contributed by atoms with Crippen molar-refractivity contribution in [1.82, 2.24) is 5.16 Å². The third-order valence-electron chi connectivity index (χ3n) is 3.77. The predicted octanol–water partition coefficient (Wildman–Crippen LogP) is 1.38. The predicted molar refractivity (Wildman–Crippen MR) is 95.5 cm³/mol. The first-order valence-electron chi connectivity index (χ1n) is 7.38. The second kappa shape index (κ2) is 8.46. The van der Waals surface area contributed by atoms with Crippen LogP contribution in [0.4, 0.5) is 11.4 Å². The Labute approximate surface area is 182 Å². The summed E-state index contributed by atoms with van der Waals surface area (Å²) >= 11 is 12.8. The first kappa shape index (κ1) is 20.8. The first-order chi connectivity index (χ1) is 11.9. The van der Waals surface area contributed by atoms with Gasteiger partial charge in [-0.15, -0.1) is 0 Å². The van der Waals surface area contributed by atoms with Crippen LogP contribution in [0.5, 0.6) is 0 Å². The second-order valence-electron chi connectivity index (χ2n) is 5.47. The summed E-state index contributed by atoms with van der Waals surface area (Å²) in [6.07, 6.45) is 0. The molecular weight excluding hydrogens is 386 g/mol. The molecule has 0 amide bonds. The van der Waals surface area contributed by atoms with Crippen molar-refractivity contribution in [3.8, 4) is 11.1 Å². The number of aromatic carboxylic acids is 1. The number of rotatable bonds is 4. The molecule has 8 heteroatoms. The summed E-state index contributed by atoms with van der Waals surface area (Å²) in [5.74, 6) is -0.629. The number of hydrogen-bond donors (Lipinski definition) is 1. The van der Waals surface area contributed by atoms with Gasteiger partial charge >= 0.3 is 29.6 Å². The Morgan fingerprint density at radius 2 is 1.77 bits per heavy atom. The van der Waals surface area contributed by atoms with Gasteiger partial charge in [0.15, 0.2) is 0 Å². The first-order valence-corrected chi connectivity index (χ1v) is 8.13. The number of aromatic nitrogens is 1. The molecule has 1 aromatic heterocycles. The van der Waals surface area contributed by atoms with Gasteiger partial charge in [-0.3, -0.25) is 0 Å². The summed E-state index contributed by atoms with van der Waals surface area (Å²) in [6, 6.07) is 9.82. The van der Waals surface area contributed by atoms with E-state index in [1.807, 2.05) is 6.92 Å². The van der Waals surface area contributed by atoms with Crippen molar-refractivity contribution in [2.24, 2.45) is 0 Å². The van der Waals surface area contributed by atoms with Gasteiger partial charge < -0.3 is 19.7 Å². The summed E-state index contributed by atoms with van der Waals surface area (Å²) in [5, 5.41) is 18.8. The van der Waals surface area contributed by atoms with E-state index >= 15 is 0 Å². The van der Waals surface area contributed by atoms with Crippen molar-refractivity contribution in [2.45, 2.75) is 13.8 Å². The Balaban J connectivity index is 0.00000243. The number of nitrogens with one attached hydrogen (secondary N) is 1. The molecule has 0 aliphatic rings. The summed E-state index contributed by atoms with van der Waals surface area (Å²) in [6.45, 7) is 3.63. The molecule has 3 aromatic rings. The number of aryl methyl sites for hydroxylation is 2. The molecule has 5 nitrogen and oxygen atoms in total. The minimum Gasteiger partial charge on any atom is -0.545 e. The number of para-hydroxylation sites is 1. The minimum atomic E-state index is -1.29. The van der Waals surface area contributed by atoms with Crippen LogP contribution in [-0.4, -0.2) is 11.1 Å². The molecule has 128 valence electrons. The maximum atomic E-state index is 11.2. The Morgan fingerprint density at radius 1 is 1.15 bits per heavy atom. The molecule has 0 fully saturated rings. The zero-order valence-corrected chi connectivity index (χ0v) is 17.9. The molecule has 0 radical (unpaired) electrons. The van der Waals surface area contributed by atoms with E-state index in [9.17, 15) is 9.90 Å². The summed E-state index contributed by atoms with van der Waals surface area (Å²) in [5.41, 5.74) is 3.09. The Hall–Kier alpha value is -1.50. The van der Waals surface area contributed by atoms with Crippen molar-refractivity contribution < 1.29 is 44.0 Å². The molecule has 0 spiro atoms. The molecule has 1 N–H and O–H groups in total. The van der Waals surface area contributed by atoms with Crippen molar-refractivity contribution in [3.05, 3.63) is 63.5 Å². The number of anilines is 2. The zero-order chi connectivity index (χ0) is 18.1. The molecule has 0 unspecified atom stereocenters. The maximum Gasteiger partial charge on any atom is 1.00 e. The number of carbonyl (C=O) groups excluding carboxylic acids is 1. The molecule has 0 bridgehead atoms. The van der Waals surface area contributed by atoms with Crippen molar-refractivity contribution >= 4 is 40.5 Å². The van der Waals surface area contributed by atoms with E-state index in [-0.39, 0.29) is 35.1 Å². The SMILES string of the molecule is Cc1noc(C)c1-c1cc(Cl)c(Nc2ccccc2C(=O)[O-])c(Cl)c1.[Na+]. The number of carboxylic acid groups (broad SMARTS) is 1. The van der Waals surface area contributed by atoms with E-state index < -0.39 is 5.97 Å². The van der Waals surface area contributed by atoms with Gasteiger partial charge in [0.25, 0.3) is 0 Å². The Bertz CT molecular complexity index is 930. The van der Waals surface area contributed by atoms with Crippen LogP contribution in [0.15, 0.2) is 40.9 Å². The fourth-order valence-corrected chi connectivity index (χ4v) is 3.22. The molecule has 26 heavy (non-hydrogen) atoms. The quantitative estimate of drug-likeness (QED) is 0.671. The summed E-state index contributed by atoms with van der Waals surface area (Å²) < 4.78 is 5.17. The summed E-state index contributed by atoms with van der Waals surface area (Å²) in [4.78, 5) is 11.2. The zero-order valence-electron chi connectivity index (χ0n) is 14.4. The third-order valence-corrected chi connectivity index (χ3v) is 4.37. The molecule has 0 atom stereocenters. The average Bonchev–Trinajstić information content (AvgIpc) is 2.89. The van der Waals surface area contributed by atoms with Gasteiger partial charge in [0.1, 0.15) is 5.76 Å². The molecule has 0 aliphatic heterocycles. The molecule has 0 saturated heterocycles. The molecule has 3 rings (SSSR count). The Morgan fingerprint density at radius 3 is 2.31 bits per heavy atom. The van der Waals surface area contributed by atoms with Crippen LogP contribution in [0.2, 0.25) is 10.0 Å². The van der Waals surface area contributed by atoms with Crippen LogP contribution in [0.1, 0.15) is 21.8 Å². The van der Waals surface area contributed by atoms with Crippen LogP contribution >= 0.6 is 23.2 Å².